The summed E-state index contributed by atoms with van der Waals surface area (Å²) in [5, 5.41) is 13.6. The number of anilines is 2. The van der Waals surface area contributed by atoms with Gasteiger partial charge in [0.1, 0.15) is 17.7 Å². The summed E-state index contributed by atoms with van der Waals surface area (Å²) >= 11 is 3.38. The van der Waals surface area contributed by atoms with E-state index in [9.17, 15) is 14.3 Å². The van der Waals surface area contributed by atoms with Crippen molar-refractivity contribution in [2.75, 3.05) is 10.2 Å². The van der Waals surface area contributed by atoms with Crippen LogP contribution in [0, 0.1) is 5.82 Å². The summed E-state index contributed by atoms with van der Waals surface area (Å²) < 4.78 is 15.2. The largest absolute Gasteiger partial charge is 0.508 e. The molecule has 3 aromatic carbocycles. The first kappa shape index (κ1) is 16.6. The molecule has 1 amide bonds. The summed E-state index contributed by atoms with van der Waals surface area (Å²) in [5.74, 6) is -0.838. The Balaban J connectivity index is 1.93. The Hall–Kier alpha value is -2.86. The van der Waals surface area contributed by atoms with E-state index in [1.54, 1.807) is 48.5 Å². The van der Waals surface area contributed by atoms with Gasteiger partial charge in [0.2, 0.25) is 0 Å². The molecule has 4 rings (SSSR count). The van der Waals surface area contributed by atoms with Gasteiger partial charge in [0.15, 0.2) is 0 Å². The zero-order valence-corrected chi connectivity index (χ0v) is 15.1. The van der Waals surface area contributed by atoms with Crippen LogP contribution in [0.1, 0.15) is 22.1 Å². The Bertz CT molecular complexity index is 1010. The average Bonchev–Trinajstić information content (AvgIpc) is 2.65. The maximum atomic E-state index is 14.5. The molecule has 1 atom stereocenters. The lowest BCUT2D eigenvalue weighted by Crippen LogP contribution is -2.43. The first-order valence-corrected chi connectivity index (χ1v) is 8.77. The number of aromatic hydroxyl groups is 1. The predicted molar refractivity (Wildman–Crippen MR) is 102 cm³/mol. The van der Waals surface area contributed by atoms with E-state index >= 15 is 0 Å². The maximum absolute atomic E-state index is 14.5. The van der Waals surface area contributed by atoms with Gasteiger partial charge in [-0.15, -0.1) is 0 Å². The number of amides is 1. The molecule has 130 valence electrons. The van der Waals surface area contributed by atoms with Gasteiger partial charge in [-0.1, -0.05) is 40.2 Å². The van der Waals surface area contributed by atoms with Crippen LogP contribution in [0.25, 0.3) is 0 Å². The molecule has 0 saturated carbocycles. The van der Waals surface area contributed by atoms with Gasteiger partial charge in [-0.05, 0) is 42.5 Å². The van der Waals surface area contributed by atoms with Crippen molar-refractivity contribution < 1.29 is 14.3 Å². The maximum Gasteiger partial charge on any atom is 0.262 e. The lowest BCUT2D eigenvalue weighted by atomic mass is 10.0. The highest BCUT2D eigenvalue weighted by Crippen LogP contribution is 2.40. The van der Waals surface area contributed by atoms with Crippen LogP contribution < -0.4 is 10.2 Å². The van der Waals surface area contributed by atoms with Crippen LogP contribution in [0.4, 0.5) is 15.8 Å². The van der Waals surface area contributed by atoms with E-state index in [4.69, 9.17) is 0 Å². The van der Waals surface area contributed by atoms with Crippen LogP contribution in [0.3, 0.4) is 0 Å². The zero-order chi connectivity index (χ0) is 18.3. The number of carbonyl (C=O) groups is 1. The molecular formula is C20H14BrFN2O2. The normalized spacial score (nSPS) is 16.2. The van der Waals surface area contributed by atoms with E-state index < -0.39 is 12.0 Å². The second-order valence-electron chi connectivity index (χ2n) is 5.92. The number of hydrogen-bond acceptors (Lipinski definition) is 3. The molecule has 26 heavy (non-hydrogen) atoms. The molecule has 2 N–H and O–H groups in total. The topological polar surface area (TPSA) is 52.6 Å². The molecule has 6 heteroatoms. The van der Waals surface area contributed by atoms with E-state index in [-0.39, 0.29) is 17.3 Å². The molecule has 1 unspecified atom stereocenters. The van der Waals surface area contributed by atoms with Gasteiger partial charge >= 0.3 is 0 Å². The van der Waals surface area contributed by atoms with Crippen LogP contribution in [0.2, 0.25) is 0 Å². The van der Waals surface area contributed by atoms with Crippen molar-refractivity contribution >= 4 is 33.2 Å². The number of phenols is 1. The summed E-state index contributed by atoms with van der Waals surface area (Å²) in [7, 11) is 0. The van der Waals surface area contributed by atoms with Crippen LogP contribution >= 0.6 is 15.9 Å². The van der Waals surface area contributed by atoms with E-state index in [2.05, 4.69) is 21.2 Å². The molecule has 1 aliphatic rings. The van der Waals surface area contributed by atoms with Crippen molar-refractivity contribution in [3.05, 3.63) is 88.1 Å². The van der Waals surface area contributed by atoms with E-state index in [0.717, 1.165) is 4.47 Å². The molecule has 4 nitrogen and oxygen atoms in total. The molecule has 0 aliphatic carbocycles. The second kappa shape index (κ2) is 6.46. The van der Waals surface area contributed by atoms with Crippen LogP contribution in [0.5, 0.6) is 5.75 Å². The number of fused-ring (bicyclic) bond motifs is 1. The smallest absolute Gasteiger partial charge is 0.262 e. The third-order valence-electron chi connectivity index (χ3n) is 4.32. The highest BCUT2D eigenvalue weighted by molar-refractivity contribution is 9.10. The van der Waals surface area contributed by atoms with Crippen molar-refractivity contribution in [1.82, 2.24) is 0 Å². The first-order valence-electron chi connectivity index (χ1n) is 7.98. The molecule has 0 saturated heterocycles. The predicted octanol–water partition coefficient (Wildman–Crippen LogP) is 5.06. The van der Waals surface area contributed by atoms with Crippen molar-refractivity contribution in [2.45, 2.75) is 6.17 Å². The van der Waals surface area contributed by atoms with Crippen LogP contribution in [-0.4, -0.2) is 11.0 Å². The Morgan fingerprint density at radius 1 is 1.04 bits per heavy atom. The van der Waals surface area contributed by atoms with E-state index in [1.807, 2.05) is 6.07 Å². The Morgan fingerprint density at radius 2 is 1.77 bits per heavy atom. The van der Waals surface area contributed by atoms with Crippen LogP contribution in [0.15, 0.2) is 71.2 Å². The number of nitrogens with one attached hydrogen (secondary N) is 1. The minimum atomic E-state index is -0.758. The summed E-state index contributed by atoms with van der Waals surface area (Å²) in [6.07, 6.45) is -0.758. The van der Waals surface area contributed by atoms with Crippen molar-refractivity contribution in [3.63, 3.8) is 0 Å². The Labute approximate surface area is 158 Å². The summed E-state index contributed by atoms with van der Waals surface area (Å²) in [4.78, 5) is 14.5. The third kappa shape index (κ3) is 2.72. The number of rotatable bonds is 2. The van der Waals surface area contributed by atoms with Crippen LogP contribution in [-0.2, 0) is 0 Å². The van der Waals surface area contributed by atoms with Gasteiger partial charge in [0.05, 0.1) is 11.3 Å². The number of carbonyl (C=O) groups excluding carboxylic acids is 1. The van der Waals surface area contributed by atoms with Gasteiger partial charge in [-0.25, -0.2) is 4.39 Å². The molecule has 1 heterocycles. The molecular weight excluding hydrogens is 399 g/mol. The summed E-state index contributed by atoms with van der Waals surface area (Å²) in [6.45, 7) is 0. The lowest BCUT2D eigenvalue weighted by Gasteiger charge is -2.38. The number of benzene rings is 3. The van der Waals surface area contributed by atoms with E-state index in [0.29, 0.717) is 16.8 Å². The second-order valence-corrected chi connectivity index (χ2v) is 6.84. The minimum Gasteiger partial charge on any atom is -0.508 e. The Morgan fingerprint density at radius 3 is 2.58 bits per heavy atom. The standard InChI is InChI=1S/C20H14BrFN2O2/c21-12-9-10-18(25)14(11-12)19-23-16-7-3-1-5-13(16)20(26)24(19)17-8-4-2-6-15(17)22/h1-11,19,23,25H. The first-order chi connectivity index (χ1) is 12.6. The quantitative estimate of drug-likeness (QED) is 0.617. The number of nitrogens with zero attached hydrogens (tertiary/aromatic N) is 1. The highest BCUT2D eigenvalue weighted by Gasteiger charge is 2.36. The molecule has 0 aromatic heterocycles. The average molecular weight is 413 g/mol. The fourth-order valence-electron chi connectivity index (χ4n) is 3.11. The zero-order valence-electron chi connectivity index (χ0n) is 13.5. The van der Waals surface area contributed by atoms with Gasteiger partial charge < -0.3 is 10.4 Å². The van der Waals surface area contributed by atoms with Crippen molar-refractivity contribution in [2.24, 2.45) is 0 Å². The molecule has 0 bridgehead atoms. The van der Waals surface area contributed by atoms with Crippen molar-refractivity contribution in [3.8, 4) is 5.75 Å². The third-order valence-corrected chi connectivity index (χ3v) is 4.82. The van der Waals surface area contributed by atoms with E-state index in [1.165, 1.54) is 17.0 Å². The molecule has 3 aromatic rings. The Kier molecular flexibility index (Phi) is 4.12. The lowest BCUT2D eigenvalue weighted by molar-refractivity contribution is 0.0973. The number of hydrogen-bond donors (Lipinski definition) is 2. The molecule has 1 aliphatic heterocycles. The SMILES string of the molecule is O=C1c2ccccc2NC(c2cc(Br)ccc2O)N1c1ccccc1F. The monoisotopic (exact) mass is 412 g/mol. The number of halogens is 2. The number of phenolic OH excluding ortho intramolecular Hbond substituents is 1. The fourth-order valence-corrected chi connectivity index (χ4v) is 3.49. The molecule has 0 fully saturated rings. The highest BCUT2D eigenvalue weighted by atomic mass is 79.9. The van der Waals surface area contributed by atoms with Gasteiger partial charge in [-0.3, -0.25) is 9.69 Å². The number of para-hydroxylation sites is 2. The fraction of sp³-hybridized carbons (Fsp3) is 0.0500. The molecule has 0 spiro atoms. The van der Waals surface area contributed by atoms with Gasteiger partial charge in [0.25, 0.3) is 5.91 Å². The van der Waals surface area contributed by atoms with Crippen molar-refractivity contribution in [1.29, 1.82) is 0 Å². The summed E-state index contributed by atoms with van der Waals surface area (Å²) in [5.41, 5.74) is 1.69. The van der Waals surface area contributed by atoms with Gasteiger partial charge in [0, 0.05) is 15.7 Å². The summed E-state index contributed by atoms with van der Waals surface area (Å²) in [6, 6.07) is 18.1. The molecule has 0 radical (unpaired) electrons. The minimum absolute atomic E-state index is 0.0132. The van der Waals surface area contributed by atoms with Gasteiger partial charge in [-0.2, -0.15) is 0 Å².